The van der Waals surface area contributed by atoms with Crippen LogP contribution in [0.2, 0.25) is 0 Å². The minimum atomic E-state index is -6.77. The van der Waals surface area contributed by atoms with E-state index in [1.165, 1.54) is 6.92 Å². The maximum absolute atomic E-state index is 13.3. The molecule has 0 spiro atoms. The third kappa shape index (κ3) is 11.7. The molecule has 0 radical (unpaired) electrons. The lowest BCUT2D eigenvalue weighted by Crippen LogP contribution is -2.67. The molecule has 2 aliphatic rings. The van der Waals surface area contributed by atoms with E-state index in [-0.39, 0.29) is 6.92 Å². The van der Waals surface area contributed by atoms with Crippen LogP contribution < -0.4 is 0 Å². The van der Waals surface area contributed by atoms with Crippen molar-refractivity contribution >= 4 is 5.97 Å². The van der Waals surface area contributed by atoms with Gasteiger partial charge < -0.3 is 29.9 Å². The second-order valence-corrected chi connectivity index (χ2v) is 16.3. The molecule has 2 aliphatic carbocycles. The van der Waals surface area contributed by atoms with Crippen LogP contribution in [0.3, 0.4) is 0 Å². The summed E-state index contributed by atoms with van der Waals surface area (Å²) in [5.74, 6) is -14.5. The molecule has 0 heterocycles. The van der Waals surface area contributed by atoms with Crippen LogP contribution in [0.25, 0.3) is 0 Å². The normalized spacial score (nSPS) is 26.6. The van der Waals surface area contributed by atoms with Crippen LogP contribution in [0.4, 0.5) is 105 Å². The number of rotatable bonds is 10. The standard InChI is InChI=1S/C18H19F15O4.C16H23F9O3/c1-3-11(2,14(19,20)21)10(34)37-9-5-7(12(35,15(22,23)24)16(25,26)27)4-8(6-9)13(36,17(28,29)30)18(31,32)33;1-4-8(2)28-11-6-9(12(3,26)14(17,18)19)5-10(7-11)13(27,15(20,21)22)16(23,24)25/h7-9,35-36H,3-6H2,1-2H3;8-11,26-27H,4-7H2,1-3H3. The van der Waals surface area contributed by atoms with Crippen LogP contribution in [0.5, 0.6) is 0 Å². The number of carbonyl (C=O) groups is 1. The van der Waals surface area contributed by atoms with Crippen LogP contribution in [0.1, 0.15) is 86.0 Å². The topological polar surface area (TPSA) is 116 Å². The van der Waals surface area contributed by atoms with Gasteiger partial charge in [-0.15, -0.1) is 0 Å². The maximum atomic E-state index is 13.3. The molecule has 2 saturated carbocycles. The van der Waals surface area contributed by atoms with Crippen molar-refractivity contribution in [1.82, 2.24) is 0 Å². The summed E-state index contributed by atoms with van der Waals surface area (Å²) in [5, 5.41) is 38.6. The van der Waals surface area contributed by atoms with E-state index in [0.29, 0.717) is 13.3 Å². The number of alkyl halides is 24. The first kappa shape index (κ1) is 60.6. The molecule has 0 aromatic rings. The van der Waals surface area contributed by atoms with Crippen molar-refractivity contribution in [1.29, 1.82) is 0 Å². The Balaban J connectivity index is 0.000000675. The lowest BCUT2D eigenvalue weighted by molar-refractivity contribution is -0.405. The minimum absolute atomic E-state index is 0.163. The fourth-order valence-corrected chi connectivity index (χ4v) is 7.49. The third-order valence-corrected chi connectivity index (χ3v) is 12.1. The largest absolute Gasteiger partial charge is 0.462 e. The van der Waals surface area contributed by atoms with Crippen molar-refractivity contribution in [3.05, 3.63) is 0 Å². The van der Waals surface area contributed by atoms with Gasteiger partial charge >= 0.3 is 55.4 Å². The Kier molecular flexibility index (Phi) is 17.6. The highest BCUT2D eigenvalue weighted by Gasteiger charge is 2.79. The van der Waals surface area contributed by atoms with Gasteiger partial charge in [0.2, 0.25) is 0 Å². The summed E-state index contributed by atoms with van der Waals surface area (Å²) in [6.07, 6.45) is -65.2. The summed E-state index contributed by atoms with van der Waals surface area (Å²) < 4.78 is 328. The molecule has 0 aliphatic heterocycles. The Morgan fingerprint density at radius 3 is 0.985 bits per heavy atom. The van der Waals surface area contributed by atoms with Crippen molar-refractivity contribution in [3.8, 4) is 0 Å². The molecule has 2 rings (SSSR count). The van der Waals surface area contributed by atoms with Gasteiger partial charge in [0, 0.05) is 17.8 Å². The van der Waals surface area contributed by atoms with Crippen LogP contribution >= 0.6 is 0 Å². The molecule has 0 amide bonds. The number of aliphatic hydroxyl groups is 4. The molecule has 8 atom stereocenters. The quantitative estimate of drug-likeness (QED) is 0.127. The number of esters is 1. The van der Waals surface area contributed by atoms with E-state index >= 15 is 0 Å². The van der Waals surface area contributed by atoms with Gasteiger partial charge in [0.25, 0.3) is 16.8 Å². The Morgan fingerprint density at radius 2 is 0.738 bits per heavy atom. The van der Waals surface area contributed by atoms with E-state index in [0.717, 1.165) is 6.92 Å². The van der Waals surface area contributed by atoms with Gasteiger partial charge in [-0.3, -0.25) is 4.79 Å². The Hall–Kier alpha value is -2.41. The first-order valence-corrected chi connectivity index (χ1v) is 18.6. The predicted octanol–water partition coefficient (Wildman–Crippen LogP) is 10.8. The molecule has 0 saturated heterocycles. The fraction of sp³-hybridized carbons (Fsp3) is 0.971. The molecular formula is C34H42F24O7. The highest BCUT2D eigenvalue weighted by molar-refractivity contribution is 5.77. The zero-order valence-electron chi connectivity index (χ0n) is 33.8. The summed E-state index contributed by atoms with van der Waals surface area (Å²) in [4.78, 5) is 12.2. The number of hydrogen-bond acceptors (Lipinski definition) is 7. The van der Waals surface area contributed by atoms with Crippen molar-refractivity contribution in [2.75, 3.05) is 0 Å². The maximum Gasteiger partial charge on any atom is 0.426 e. The summed E-state index contributed by atoms with van der Waals surface area (Å²) >= 11 is 0. The SMILES string of the molecule is CCC(C)(C(=O)OC1CC(C(O)(C(F)(F)F)C(F)(F)F)CC(C(O)(C(F)(F)F)C(F)(F)F)C1)C(F)(F)F.CCC(C)OC1CC(C(C)(O)C(F)(F)F)CC(C(O)(C(F)(F)F)C(F)(F)F)C1. The second kappa shape index (κ2) is 18.8. The van der Waals surface area contributed by atoms with Gasteiger partial charge in [0.1, 0.15) is 6.10 Å². The molecule has 8 unspecified atom stereocenters. The smallest absolute Gasteiger partial charge is 0.426 e. The highest BCUT2D eigenvalue weighted by atomic mass is 19.4. The molecule has 4 N–H and O–H groups in total. The summed E-state index contributed by atoms with van der Waals surface area (Å²) in [5.41, 5.74) is -24.3. The van der Waals surface area contributed by atoms with Crippen LogP contribution in [0.15, 0.2) is 0 Å². The zero-order chi connectivity index (χ0) is 52.2. The van der Waals surface area contributed by atoms with Gasteiger partial charge in [0.05, 0.1) is 12.2 Å². The lowest BCUT2D eigenvalue weighted by atomic mass is 9.65. The van der Waals surface area contributed by atoms with E-state index in [1.807, 2.05) is 0 Å². The molecular weight excluding hydrogens is 976 g/mol. The molecule has 65 heavy (non-hydrogen) atoms. The van der Waals surface area contributed by atoms with Crippen molar-refractivity contribution < 1.29 is 140 Å². The van der Waals surface area contributed by atoms with Gasteiger partial charge in [-0.1, -0.05) is 13.8 Å². The molecule has 31 heteroatoms. The Bertz CT molecular complexity index is 1490. The van der Waals surface area contributed by atoms with E-state index < -0.39 is 170 Å². The average molecular weight is 1020 g/mol. The first-order valence-electron chi connectivity index (χ1n) is 18.6. The summed E-state index contributed by atoms with van der Waals surface area (Å²) in [6, 6.07) is 0. The van der Waals surface area contributed by atoms with Crippen LogP contribution in [0, 0.1) is 29.1 Å². The number of hydrogen-bond donors (Lipinski definition) is 4. The van der Waals surface area contributed by atoms with Crippen molar-refractivity contribution in [2.45, 2.75) is 176 Å². The highest BCUT2D eigenvalue weighted by Crippen LogP contribution is 2.59. The van der Waals surface area contributed by atoms with Crippen molar-refractivity contribution in [2.24, 2.45) is 29.1 Å². The average Bonchev–Trinajstić information content (AvgIpc) is 3.09. The predicted molar refractivity (Wildman–Crippen MR) is 168 cm³/mol. The number of ether oxygens (including phenoxy) is 2. The van der Waals surface area contributed by atoms with Gasteiger partial charge in [-0.2, -0.15) is 105 Å². The fourth-order valence-electron chi connectivity index (χ4n) is 7.49. The van der Waals surface area contributed by atoms with Crippen LogP contribution in [-0.2, 0) is 14.3 Å². The summed E-state index contributed by atoms with van der Waals surface area (Å²) in [6.45, 7) is 4.26. The van der Waals surface area contributed by atoms with Crippen molar-refractivity contribution in [3.63, 3.8) is 0 Å². The van der Waals surface area contributed by atoms with E-state index in [1.54, 1.807) is 6.92 Å². The monoisotopic (exact) mass is 1020 g/mol. The lowest BCUT2D eigenvalue weighted by Gasteiger charge is -2.48. The Labute approximate surface area is 351 Å². The van der Waals surface area contributed by atoms with E-state index in [9.17, 15) is 131 Å². The second-order valence-electron chi connectivity index (χ2n) is 16.3. The number of halogens is 24. The van der Waals surface area contributed by atoms with E-state index in [2.05, 4.69) is 4.74 Å². The summed E-state index contributed by atoms with van der Waals surface area (Å²) in [7, 11) is 0. The molecule has 0 aromatic carbocycles. The molecule has 7 nitrogen and oxygen atoms in total. The van der Waals surface area contributed by atoms with Crippen LogP contribution in [-0.4, -0.2) is 117 Å². The van der Waals surface area contributed by atoms with Gasteiger partial charge in [0.15, 0.2) is 11.0 Å². The molecule has 0 bridgehead atoms. The molecule has 2 fully saturated rings. The Morgan fingerprint density at radius 1 is 0.462 bits per heavy atom. The van der Waals surface area contributed by atoms with Gasteiger partial charge in [-0.05, 0) is 78.1 Å². The molecule has 388 valence electrons. The van der Waals surface area contributed by atoms with Gasteiger partial charge in [-0.25, -0.2) is 0 Å². The van der Waals surface area contributed by atoms with E-state index in [4.69, 9.17) is 4.74 Å². The zero-order valence-corrected chi connectivity index (χ0v) is 33.8. The third-order valence-electron chi connectivity index (χ3n) is 12.1. The minimum Gasteiger partial charge on any atom is -0.462 e. The molecule has 0 aromatic heterocycles. The first-order chi connectivity index (χ1) is 28.3. The number of carbonyl (C=O) groups excluding carboxylic acids is 1.